The fourth-order valence-electron chi connectivity index (χ4n) is 4.42. The van der Waals surface area contributed by atoms with E-state index in [9.17, 15) is 24.3 Å². The first-order valence-electron chi connectivity index (χ1n) is 12.7. The van der Waals surface area contributed by atoms with Gasteiger partial charge >= 0.3 is 5.97 Å². The molecule has 0 aliphatic carbocycles. The van der Waals surface area contributed by atoms with E-state index >= 15 is 0 Å². The van der Waals surface area contributed by atoms with Crippen LogP contribution in [0.1, 0.15) is 49.3 Å². The van der Waals surface area contributed by atoms with Crippen LogP contribution in [0, 0.1) is 5.92 Å². The molecule has 0 spiro atoms. The quantitative estimate of drug-likeness (QED) is 0.297. The van der Waals surface area contributed by atoms with Crippen LogP contribution in [-0.4, -0.2) is 40.8 Å². The molecule has 0 aliphatic heterocycles. The van der Waals surface area contributed by atoms with E-state index in [1.807, 2.05) is 80.6 Å². The molecule has 0 radical (unpaired) electrons. The van der Waals surface area contributed by atoms with E-state index in [4.69, 9.17) is 0 Å². The van der Waals surface area contributed by atoms with Crippen LogP contribution in [0.5, 0.6) is 0 Å². The third-order valence-electron chi connectivity index (χ3n) is 6.28. The van der Waals surface area contributed by atoms with Crippen LogP contribution in [0.25, 0.3) is 0 Å². The number of aliphatic carboxylic acids is 1. The van der Waals surface area contributed by atoms with E-state index in [-0.39, 0.29) is 30.6 Å². The molecule has 0 saturated heterocycles. The predicted molar refractivity (Wildman–Crippen MR) is 145 cm³/mol. The van der Waals surface area contributed by atoms with Crippen LogP contribution < -0.4 is 10.6 Å². The second-order valence-corrected chi connectivity index (χ2v) is 9.75. The topological polar surface area (TPSA) is 113 Å². The lowest BCUT2D eigenvalue weighted by molar-refractivity contribution is -0.150. The molecule has 7 heteroatoms. The molecule has 2 atom stereocenters. The molecule has 7 nitrogen and oxygen atoms in total. The zero-order chi connectivity index (χ0) is 27.5. The molecule has 3 aromatic carbocycles. The maximum absolute atomic E-state index is 13.3. The number of carboxylic acid groups (broad SMARTS) is 1. The summed E-state index contributed by atoms with van der Waals surface area (Å²) in [4.78, 5) is 50.4. The van der Waals surface area contributed by atoms with Crippen molar-refractivity contribution in [2.45, 2.75) is 51.1 Å². The van der Waals surface area contributed by atoms with Crippen molar-refractivity contribution < 1.29 is 24.3 Å². The number of carboxylic acids is 1. The Hall–Kier alpha value is -4.26. The smallest absolute Gasteiger partial charge is 0.374 e. The first kappa shape index (κ1) is 28.3. The summed E-state index contributed by atoms with van der Waals surface area (Å²) >= 11 is 0. The Morgan fingerprint density at radius 3 is 1.68 bits per heavy atom. The largest absolute Gasteiger partial charge is 0.475 e. The summed E-state index contributed by atoms with van der Waals surface area (Å²) in [5.41, 5.74) is 2.67. The summed E-state index contributed by atoms with van der Waals surface area (Å²) in [7, 11) is 0. The van der Waals surface area contributed by atoms with Gasteiger partial charge in [0.15, 0.2) is 0 Å². The number of hydrogen-bond donors (Lipinski definition) is 3. The van der Waals surface area contributed by atoms with Crippen LogP contribution in [0.4, 0.5) is 0 Å². The van der Waals surface area contributed by atoms with Gasteiger partial charge in [0.2, 0.25) is 11.8 Å². The minimum atomic E-state index is -1.62. The number of nitrogens with one attached hydrogen (secondary N) is 2. The van der Waals surface area contributed by atoms with E-state index in [2.05, 4.69) is 10.6 Å². The molecule has 0 unspecified atom stereocenters. The lowest BCUT2D eigenvalue weighted by atomic mass is 9.88. The van der Waals surface area contributed by atoms with Crippen molar-refractivity contribution in [3.63, 3.8) is 0 Å². The standard InChI is InChI=1S/C31H34N2O5/c1-21(2)18-27(30(36)33-26(29(35)31(37)38)19-22-12-6-3-7-13-22)32-28(34)20-25(23-14-8-4-9-15-23)24-16-10-5-11-17-24/h3-17,21,25-27H,18-20H2,1-2H3,(H,32,34)(H,33,36)(H,37,38)/t26-,27-/m0/s1. The van der Waals surface area contributed by atoms with Crippen molar-refractivity contribution in [2.24, 2.45) is 5.92 Å². The first-order chi connectivity index (χ1) is 18.2. The molecule has 198 valence electrons. The summed E-state index contributed by atoms with van der Waals surface area (Å²) < 4.78 is 0. The number of rotatable bonds is 13. The number of benzene rings is 3. The van der Waals surface area contributed by atoms with Gasteiger partial charge in [-0.3, -0.25) is 14.4 Å². The highest BCUT2D eigenvalue weighted by Gasteiger charge is 2.31. The summed E-state index contributed by atoms with van der Waals surface area (Å²) in [6.07, 6.45) is 0.486. The fourth-order valence-corrected chi connectivity index (χ4v) is 4.42. The Kier molecular flexibility index (Phi) is 10.3. The van der Waals surface area contributed by atoms with Crippen molar-refractivity contribution >= 4 is 23.6 Å². The monoisotopic (exact) mass is 514 g/mol. The molecule has 3 N–H and O–H groups in total. The Labute approximate surface area is 223 Å². The molecule has 0 aliphatic rings. The average molecular weight is 515 g/mol. The van der Waals surface area contributed by atoms with Crippen molar-refractivity contribution in [2.75, 3.05) is 0 Å². The Morgan fingerprint density at radius 1 is 0.711 bits per heavy atom. The van der Waals surface area contributed by atoms with Crippen LogP contribution in [0.3, 0.4) is 0 Å². The van der Waals surface area contributed by atoms with Gasteiger partial charge in [-0.1, -0.05) is 105 Å². The first-order valence-corrected chi connectivity index (χ1v) is 12.7. The van der Waals surface area contributed by atoms with Crippen LogP contribution in [0.15, 0.2) is 91.0 Å². The summed E-state index contributed by atoms with van der Waals surface area (Å²) in [5, 5.41) is 14.8. The summed E-state index contributed by atoms with van der Waals surface area (Å²) in [6, 6.07) is 26.1. The Balaban J connectivity index is 1.77. The van der Waals surface area contributed by atoms with Crippen LogP contribution in [0.2, 0.25) is 0 Å². The summed E-state index contributed by atoms with van der Waals surface area (Å²) in [6.45, 7) is 3.85. The normalized spacial score (nSPS) is 12.5. The molecular formula is C31H34N2O5. The molecule has 3 aromatic rings. The molecule has 0 aromatic heterocycles. The minimum absolute atomic E-state index is 0.0319. The van der Waals surface area contributed by atoms with Gasteiger partial charge in [-0.15, -0.1) is 0 Å². The predicted octanol–water partition coefficient (Wildman–Crippen LogP) is 4.12. The molecule has 0 fully saturated rings. The number of hydrogen-bond acceptors (Lipinski definition) is 4. The SMILES string of the molecule is CC(C)C[C@H](NC(=O)CC(c1ccccc1)c1ccccc1)C(=O)N[C@@H](Cc1ccccc1)C(=O)C(=O)O. The lowest BCUT2D eigenvalue weighted by Crippen LogP contribution is -2.53. The van der Waals surface area contributed by atoms with Crippen molar-refractivity contribution in [1.29, 1.82) is 0 Å². The van der Waals surface area contributed by atoms with Gasteiger partial charge in [-0.05, 0) is 29.0 Å². The fraction of sp³-hybridized carbons (Fsp3) is 0.290. The highest BCUT2D eigenvalue weighted by molar-refractivity contribution is 6.35. The number of amides is 2. The van der Waals surface area contributed by atoms with Gasteiger partial charge in [-0.25, -0.2) is 4.79 Å². The minimum Gasteiger partial charge on any atom is -0.475 e. The molecule has 3 rings (SSSR count). The van der Waals surface area contributed by atoms with Gasteiger partial charge in [0.1, 0.15) is 12.1 Å². The highest BCUT2D eigenvalue weighted by Crippen LogP contribution is 2.28. The van der Waals surface area contributed by atoms with Crippen molar-refractivity contribution in [3.8, 4) is 0 Å². The third kappa shape index (κ3) is 8.40. The molecule has 0 saturated carbocycles. The second kappa shape index (κ2) is 13.9. The van der Waals surface area contributed by atoms with Crippen molar-refractivity contribution in [1.82, 2.24) is 10.6 Å². The van der Waals surface area contributed by atoms with Crippen LogP contribution >= 0.6 is 0 Å². The third-order valence-corrected chi connectivity index (χ3v) is 6.28. The lowest BCUT2D eigenvalue weighted by Gasteiger charge is -2.25. The maximum Gasteiger partial charge on any atom is 0.374 e. The van der Waals surface area contributed by atoms with Gasteiger partial charge < -0.3 is 15.7 Å². The van der Waals surface area contributed by atoms with Gasteiger partial charge in [0, 0.05) is 18.8 Å². The number of carbonyl (C=O) groups is 4. The molecule has 0 bridgehead atoms. The van der Waals surface area contributed by atoms with E-state index in [0.717, 1.165) is 11.1 Å². The summed E-state index contributed by atoms with van der Waals surface area (Å²) in [5.74, 6) is -3.77. The number of carbonyl (C=O) groups excluding carboxylic acids is 3. The number of ketones is 1. The second-order valence-electron chi connectivity index (χ2n) is 9.75. The van der Waals surface area contributed by atoms with E-state index in [0.29, 0.717) is 12.0 Å². The van der Waals surface area contributed by atoms with Gasteiger partial charge in [0.05, 0.1) is 0 Å². The Bertz CT molecular complexity index is 1170. The van der Waals surface area contributed by atoms with E-state index in [1.54, 1.807) is 24.3 Å². The molecule has 38 heavy (non-hydrogen) atoms. The van der Waals surface area contributed by atoms with Crippen LogP contribution in [-0.2, 0) is 25.6 Å². The molecule has 0 heterocycles. The van der Waals surface area contributed by atoms with E-state index < -0.39 is 29.7 Å². The zero-order valence-corrected chi connectivity index (χ0v) is 21.7. The van der Waals surface area contributed by atoms with Crippen molar-refractivity contribution in [3.05, 3.63) is 108 Å². The Morgan fingerprint density at radius 2 is 1.21 bits per heavy atom. The molecular weight excluding hydrogens is 480 g/mol. The van der Waals surface area contributed by atoms with Gasteiger partial charge in [0.25, 0.3) is 5.78 Å². The zero-order valence-electron chi connectivity index (χ0n) is 21.7. The highest BCUT2D eigenvalue weighted by atomic mass is 16.4. The van der Waals surface area contributed by atoms with Gasteiger partial charge in [-0.2, -0.15) is 0 Å². The average Bonchev–Trinajstić information content (AvgIpc) is 2.91. The maximum atomic E-state index is 13.3. The molecule has 2 amide bonds. The van der Waals surface area contributed by atoms with E-state index in [1.165, 1.54) is 0 Å². The number of Topliss-reactive ketones (excluding diaryl/α,β-unsaturated/α-hetero) is 1.